The van der Waals surface area contributed by atoms with Crippen molar-refractivity contribution in [3.8, 4) is 22.3 Å². The molecule has 0 aliphatic carbocycles. The lowest BCUT2D eigenvalue weighted by atomic mass is 9.93. The molecule has 9 heteroatoms. The molecule has 0 bridgehead atoms. The Morgan fingerprint density at radius 3 is 2.62 bits per heavy atom. The third kappa shape index (κ3) is 5.95. The molecule has 3 N–H and O–H groups in total. The lowest BCUT2D eigenvalue weighted by Gasteiger charge is -2.24. The van der Waals surface area contributed by atoms with Gasteiger partial charge in [0, 0.05) is 58.8 Å². The molecule has 5 aromatic rings. The van der Waals surface area contributed by atoms with Crippen LogP contribution in [-0.2, 0) is 11.3 Å². The molecule has 2 aromatic carbocycles. The minimum absolute atomic E-state index is 0.0531. The second kappa shape index (κ2) is 11.9. The van der Waals surface area contributed by atoms with E-state index in [1.165, 1.54) is 12.8 Å². The first-order valence-corrected chi connectivity index (χ1v) is 15.6. The summed E-state index contributed by atoms with van der Waals surface area (Å²) in [5, 5.41) is 6.49. The van der Waals surface area contributed by atoms with Crippen LogP contribution in [0.15, 0.2) is 73.3 Å². The summed E-state index contributed by atoms with van der Waals surface area (Å²) in [6, 6.07) is 13.5. The van der Waals surface area contributed by atoms with Crippen molar-refractivity contribution in [2.45, 2.75) is 46.2 Å². The molecule has 0 radical (unpaired) electrons. The number of imidazole rings is 1. The number of nitrogens with one attached hydrogen (secondary N) is 3. The third-order valence-corrected chi connectivity index (χ3v) is 8.50. The molecule has 3 aromatic heterocycles. The highest BCUT2D eigenvalue weighted by atomic mass is 19.1. The van der Waals surface area contributed by atoms with Gasteiger partial charge in [0.05, 0.1) is 29.1 Å². The Morgan fingerprint density at radius 2 is 1.80 bits per heavy atom. The van der Waals surface area contributed by atoms with Crippen LogP contribution in [0.5, 0.6) is 0 Å². The molecule has 8 nitrogen and oxygen atoms in total. The van der Waals surface area contributed by atoms with Crippen LogP contribution in [0.1, 0.15) is 50.6 Å². The Labute approximate surface area is 261 Å². The number of benzene rings is 2. The first-order chi connectivity index (χ1) is 21.8. The summed E-state index contributed by atoms with van der Waals surface area (Å²) < 4.78 is 14.9. The number of amides is 1. The number of H-pyrrole nitrogens is 1. The Morgan fingerprint density at radius 1 is 0.978 bits per heavy atom. The fourth-order valence-electron chi connectivity index (χ4n) is 6.23. The molecule has 2 aliphatic heterocycles. The van der Waals surface area contributed by atoms with E-state index in [0.717, 1.165) is 81.1 Å². The standard InChI is InChI=1S/C36H36FN7O/c1-21(2)36(45)41-28-14-26(16-38-17-28)24-6-7-32-29(15-24)30(10-22(3)40-32)35-42-33-19-39-18-31(34(33)43-35)25-11-23(12-27(37)13-25)20-44-8-4-5-9-44/h6-7,10-19,21-22,40H,4-5,8-9,20H2,1-3H3,(H,41,45)(H,42,43). The lowest BCUT2D eigenvalue weighted by Crippen LogP contribution is -2.19. The SMILES string of the molecule is CC1C=C(c2nc3c(-c4cc(F)cc(CN5CCCC5)c4)cncc3[nH]2)c2cc(-c3cncc(NC(=O)C(C)C)c3)ccc2N1. The van der Waals surface area contributed by atoms with Gasteiger partial charge in [0.2, 0.25) is 5.91 Å². The smallest absolute Gasteiger partial charge is 0.226 e. The van der Waals surface area contributed by atoms with Crippen LogP contribution >= 0.6 is 0 Å². The number of carbonyl (C=O) groups excluding carboxylic acids is 1. The largest absolute Gasteiger partial charge is 0.379 e. The maximum Gasteiger partial charge on any atom is 0.226 e. The van der Waals surface area contributed by atoms with Gasteiger partial charge >= 0.3 is 0 Å². The lowest BCUT2D eigenvalue weighted by molar-refractivity contribution is -0.118. The van der Waals surface area contributed by atoms with Crippen molar-refractivity contribution in [1.82, 2.24) is 24.8 Å². The maximum atomic E-state index is 14.9. The average molecular weight is 602 g/mol. The third-order valence-electron chi connectivity index (χ3n) is 8.50. The van der Waals surface area contributed by atoms with Gasteiger partial charge in [0.15, 0.2) is 0 Å². The maximum absolute atomic E-state index is 14.9. The molecule has 228 valence electrons. The van der Waals surface area contributed by atoms with Gasteiger partial charge < -0.3 is 15.6 Å². The summed E-state index contributed by atoms with van der Waals surface area (Å²) in [6.07, 6.45) is 11.5. The van der Waals surface area contributed by atoms with Crippen molar-refractivity contribution < 1.29 is 9.18 Å². The first kappa shape index (κ1) is 28.9. The average Bonchev–Trinajstić information content (AvgIpc) is 3.70. The van der Waals surface area contributed by atoms with Gasteiger partial charge in [-0.1, -0.05) is 26.0 Å². The molecule has 1 unspecified atom stereocenters. The van der Waals surface area contributed by atoms with E-state index in [1.807, 2.05) is 19.9 Å². The predicted octanol–water partition coefficient (Wildman–Crippen LogP) is 7.26. The minimum Gasteiger partial charge on any atom is -0.379 e. The van der Waals surface area contributed by atoms with Gasteiger partial charge in [0.25, 0.3) is 0 Å². The summed E-state index contributed by atoms with van der Waals surface area (Å²) in [6.45, 7) is 8.66. The second-order valence-corrected chi connectivity index (χ2v) is 12.4. The van der Waals surface area contributed by atoms with Crippen LogP contribution in [0.3, 0.4) is 0 Å². The highest BCUT2D eigenvalue weighted by Gasteiger charge is 2.23. The van der Waals surface area contributed by atoms with Gasteiger partial charge in [0.1, 0.15) is 11.6 Å². The Kier molecular flexibility index (Phi) is 7.63. The van der Waals surface area contributed by atoms with Crippen LogP contribution in [-0.4, -0.2) is 49.9 Å². The van der Waals surface area contributed by atoms with E-state index in [0.29, 0.717) is 5.69 Å². The molecule has 7 rings (SSSR count). The number of aromatic nitrogens is 4. The van der Waals surface area contributed by atoms with Crippen molar-refractivity contribution in [3.63, 3.8) is 0 Å². The van der Waals surface area contributed by atoms with E-state index in [4.69, 9.17) is 4.98 Å². The van der Waals surface area contributed by atoms with Crippen LogP contribution in [0, 0.1) is 11.7 Å². The van der Waals surface area contributed by atoms with E-state index < -0.39 is 0 Å². The van der Waals surface area contributed by atoms with Crippen molar-refractivity contribution in [2.75, 3.05) is 23.7 Å². The summed E-state index contributed by atoms with van der Waals surface area (Å²) >= 11 is 0. The molecular formula is C36H36FN7O. The monoisotopic (exact) mass is 601 g/mol. The first-order valence-electron chi connectivity index (χ1n) is 15.6. The van der Waals surface area contributed by atoms with Gasteiger partial charge in [-0.05, 0) is 85.9 Å². The normalized spacial score (nSPS) is 16.5. The minimum atomic E-state index is -0.256. The number of aromatic amines is 1. The molecule has 0 spiro atoms. The van der Waals surface area contributed by atoms with Gasteiger partial charge in [-0.3, -0.25) is 19.7 Å². The van der Waals surface area contributed by atoms with Gasteiger partial charge in [-0.15, -0.1) is 0 Å². The molecule has 1 saturated heterocycles. The van der Waals surface area contributed by atoms with E-state index >= 15 is 0 Å². The molecule has 2 aliphatic rings. The molecule has 45 heavy (non-hydrogen) atoms. The zero-order valence-corrected chi connectivity index (χ0v) is 25.7. The Balaban J connectivity index is 1.25. The molecule has 1 fully saturated rings. The fourth-order valence-corrected chi connectivity index (χ4v) is 6.23. The van der Waals surface area contributed by atoms with Gasteiger partial charge in [-0.2, -0.15) is 0 Å². The van der Waals surface area contributed by atoms with Crippen molar-refractivity contribution in [3.05, 3.63) is 96.1 Å². The van der Waals surface area contributed by atoms with Crippen LogP contribution < -0.4 is 10.6 Å². The number of nitrogens with zero attached hydrogens (tertiary/aromatic N) is 4. The summed E-state index contributed by atoms with van der Waals surface area (Å²) in [5.41, 5.74) is 9.53. The highest BCUT2D eigenvalue weighted by molar-refractivity contribution is 5.96. The molecule has 1 atom stereocenters. The fraction of sp³-hybridized carbons (Fsp3) is 0.278. The highest BCUT2D eigenvalue weighted by Crippen LogP contribution is 2.38. The number of rotatable bonds is 7. The quantitative estimate of drug-likeness (QED) is 0.182. The van der Waals surface area contributed by atoms with Crippen molar-refractivity contribution in [1.29, 1.82) is 0 Å². The summed E-state index contributed by atoms with van der Waals surface area (Å²) in [4.78, 5) is 32.1. The number of likely N-dealkylation sites (tertiary alicyclic amines) is 1. The molecule has 0 saturated carbocycles. The molecular weight excluding hydrogens is 565 g/mol. The van der Waals surface area contributed by atoms with E-state index in [-0.39, 0.29) is 23.7 Å². The van der Waals surface area contributed by atoms with Gasteiger partial charge in [-0.25, -0.2) is 9.37 Å². The van der Waals surface area contributed by atoms with E-state index in [2.05, 4.69) is 67.8 Å². The van der Waals surface area contributed by atoms with Crippen molar-refractivity contribution in [2.24, 2.45) is 5.92 Å². The van der Waals surface area contributed by atoms with Crippen LogP contribution in [0.2, 0.25) is 0 Å². The second-order valence-electron chi connectivity index (χ2n) is 12.4. The molecule has 5 heterocycles. The number of anilines is 2. The Hall–Kier alpha value is -4.89. The number of fused-ring (bicyclic) bond motifs is 2. The molecule has 1 amide bonds. The van der Waals surface area contributed by atoms with Crippen LogP contribution in [0.4, 0.5) is 15.8 Å². The number of pyridine rings is 2. The van der Waals surface area contributed by atoms with Crippen LogP contribution in [0.25, 0.3) is 38.9 Å². The summed E-state index contributed by atoms with van der Waals surface area (Å²) in [7, 11) is 0. The number of carbonyl (C=O) groups is 1. The number of hydrogen-bond acceptors (Lipinski definition) is 6. The number of hydrogen-bond donors (Lipinski definition) is 3. The number of halogens is 1. The van der Waals surface area contributed by atoms with Crippen molar-refractivity contribution >= 4 is 33.9 Å². The van der Waals surface area contributed by atoms with E-state index in [1.54, 1.807) is 36.9 Å². The predicted molar refractivity (Wildman–Crippen MR) is 177 cm³/mol. The zero-order chi connectivity index (χ0) is 31.1. The Bertz CT molecular complexity index is 1940. The summed E-state index contributed by atoms with van der Waals surface area (Å²) in [5.74, 6) is 0.280. The topological polar surface area (TPSA) is 98.8 Å². The zero-order valence-electron chi connectivity index (χ0n) is 25.7. The van der Waals surface area contributed by atoms with E-state index in [9.17, 15) is 9.18 Å².